The van der Waals surface area contributed by atoms with Crippen molar-refractivity contribution in [2.75, 3.05) is 0 Å². The molecule has 1 fully saturated rings. The summed E-state index contributed by atoms with van der Waals surface area (Å²) < 4.78 is 26.7. The van der Waals surface area contributed by atoms with Crippen molar-refractivity contribution in [3.8, 4) is 0 Å². The number of halogens is 3. The first-order valence-corrected chi connectivity index (χ1v) is 6.56. The van der Waals surface area contributed by atoms with Crippen molar-refractivity contribution in [1.82, 2.24) is 0 Å². The lowest BCUT2D eigenvalue weighted by molar-refractivity contribution is -0.0482. The third-order valence-electron chi connectivity index (χ3n) is 3.19. The molecule has 1 unspecified atom stereocenters. The average molecular weight is 266 g/mol. The molecule has 1 heterocycles. The van der Waals surface area contributed by atoms with Gasteiger partial charge in [-0.2, -0.15) is 0 Å². The first-order valence-electron chi connectivity index (χ1n) is 5.36. The van der Waals surface area contributed by atoms with Crippen molar-refractivity contribution < 1.29 is 8.78 Å². The summed E-state index contributed by atoms with van der Waals surface area (Å²) in [6, 6.07) is 3.55. The van der Waals surface area contributed by atoms with Gasteiger partial charge in [0.05, 0.1) is 4.34 Å². The van der Waals surface area contributed by atoms with Gasteiger partial charge in [0, 0.05) is 23.8 Å². The molecule has 2 N–H and O–H groups in total. The van der Waals surface area contributed by atoms with Crippen LogP contribution in [0, 0.1) is 5.92 Å². The SMILES string of the molecule is NC(c1ccc(Cl)s1)C1CCC(F)(F)CC1. The molecule has 1 aromatic heterocycles. The fraction of sp³-hybridized carbons (Fsp3) is 0.636. The normalized spacial score (nSPS) is 23.2. The molecule has 0 saturated heterocycles. The number of rotatable bonds is 2. The highest BCUT2D eigenvalue weighted by Gasteiger charge is 2.37. The summed E-state index contributed by atoms with van der Waals surface area (Å²) in [7, 11) is 0. The molecule has 0 radical (unpaired) electrons. The molecule has 0 aliphatic heterocycles. The summed E-state index contributed by atoms with van der Waals surface area (Å²) in [5.74, 6) is -2.32. The van der Waals surface area contributed by atoms with Crippen molar-refractivity contribution in [3.05, 3.63) is 21.3 Å². The maximum atomic E-state index is 13.0. The predicted molar refractivity (Wildman–Crippen MR) is 63.2 cm³/mol. The second-order valence-electron chi connectivity index (χ2n) is 4.36. The third kappa shape index (κ3) is 2.73. The van der Waals surface area contributed by atoms with E-state index >= 15 is 0 Å². The predicted octanol–water partition coefficient (Wildman–Crippen LogP) is 4.23. The van der Waals surface area contributed by atoms with Crippen molar-refractivity contribution in [1.29, 1.82) is 0 Å². The molecule has 2 rings (SSSR count). The zero-order chi connectivity index (χ0) is 11.8. The van der Waals surface area contributed by atoms with Crippen LogP contribution in [0.25, 0.3) is 0 Å². The maximum absolute atomic E-state index is 13.0. The summed E-state index contributed by atoms with van der Waals surface area (Å²) in [4.78, 5) is 1.00. The quantitative estimate of drug-likeness (QED) is 0.851. The molecule has 5 heteroatoms. The van der Waals surface area contributed by atoms with Gasteiger partial charge in [-0.25, -0.2) is 8.78 Å². The fourth-order valence-electron chi connectivity index (χ4n) is 2.16. The topological polar surface area (TPSA) is 26.0 Å². The molecule has 16 heavy (non-hydrogen) atoms. The van der Waals surface area contributed by atoms with Crippen LogP contribution in [0.4, 0.5) is 8.78 Å². The highest BCUT2D eigenvalue weighted by molar-refractivity contribution is 7.16. The van der Waals surface area contributed by atoms with Crippen molar-refractivity contribution in [2.45, 2.75) is 37.6 Å². The van der Waals surface area contributed by atoms with Gasteiger partial charge in [-0.15, -0.1) is 11.3 Å². The average Bonchev–Trinajstić information content (AvgIpc) is 2.64. The number of nitrogens with two attached hydrogens (primary N) is 1. The number of hydrogen-bond acceptors (Lipinski definition) is 2. The lowest BCUT2D eigenvalue weighted by atomic mass is 9.82. The molecular weight excluding hydrogens is 252 g/mol. The Morgan fingerprint density at radius 1 is 1.38 bits per heavy atom. The minimum Gasteiger partial charge on any atom is -0.323 e. The monoisotopic (exact) mass is 265 g/mol. The number of hydrogen-bond donors (Lipinski definition) is 1. The lowest BCUT2D eigenvalue weighted by Gasteiger charge is -2.31. The second kappa shape index (κ2) is 4.59. The van der Waals surface area contributed by atoms with E-state index in [1.807, 2.05) is 6.07 Å². The van der Waals surface area contributed by atoms with Gasteiger partial charge in [0.25, 0.3) is 0 Å². The Balaban J connectivity index is 1.99. The van der Waals surface area contributed by atoms with E-state index < -0.39 is 5.92 Å². The summed E-state index contributed by atoms with van der Waals surface area (Å²) in [5, 5.41) is 0. The summed E-state index contributed by atoms with van der Waals surface area (Å²) in [6.45, 7) is 0. The zero-order valence-corrected chi connectivity index (χ0v) is 10.3. The lowest BCUT2D eigenvalue weighted by Crippen LogP contribution is -2.30. The van der Waals surface area contributed by atoms with Crippen LogP contribution in [0.2, 0.25) is 4.34 Å². The minimum absolute atomic E-state index is 0.0372. The molecule has 1 saturated carbocycles. The highest BCUT2D eigenvalue weighted by Crippen LogP contribution is 2.41. The highest BCUT2D eigenvalue weighted by atomic mass is 35.5. The van der Waals surface area contributed by atoms with E-state index in [0.29, 0.717) is 17.2 Å². The molecule has 1 nitrogen and oxygen atoms in total. The molecule has 90 valence electrons. The van der Waals surface area contributed by atoms with Crippen LogP contribution < -0.4 is 5.73 Å². The Morgan fingerprint density at radius 3 is 2.50 bits per heavy atom. The van der Waals surface area contributed by atoms with Crippen LogP contribution in [0.1, 0.15) is 36.6 Å². The van der Waals surface area contributed by atoms with E-state index in [1.54, 1.807) is 6.07 Å². The molecule has 1 aliphatic rings. The summed E-state index contributed by atoms with van der Waals surface area (Å²) in [6.07, 6.45) is 0.933. The summed E-state index contributed by atoms with van der Waals surface area (Å²) >= 11 is 7.27. The van der Waals surface area contributed by atoms with E-state index in [0.717, 1.165) is 4.88 Å². The van der Waals surface area contributed by atoms with Crippen LogP contribution in [0.5, 0.6) is 0 Å². The van der Waals surface area contributed by atoms with Crippen molar-refractivity contribution >= 4 is 22.9 Å². The standard InChI is InChI=1S/C11H14ClF2NS/c12-9-2-1-8(16-9)10(15)7-3-5-11(13,14)6-4-7/h1-2,7,10H,3-6,15H2. The minimum atomic E-state index is -2.48. The zero-order valence-electron chi connectivity index (χ0n) is 8.76. The molecule has 0 amide bonds. The van der Waals surface area contributed by atoms with Crippen LogP contribution >= 0.6 is 22.9 Å². The fourth-order valence-corrected chi connectivity index (χ4v) is 3.32. The van der Waals surface area contributed by atoms with E-state index in [-0.39, 0.29) is 24.8 Å². The Hall–Kier alpha value is -0.190. The van der Waals surface area contributed by atoms with Gasteiger partial charge in [-0.1, -0.05) is 11.6 Å². The Kier molecular flexibility index (Phi) is 3.52. The van der Waals surface area contributed by atoms with Gasteiger partial charge in [0.2, 0.25) is 5.92 Å². The molecule has 1 aliphatic carbocycles. The van der Waals surface area contributed by atoms with Crippen molar-refractivity contribution in [2.24, 2.45) is 11.7 Å². The van der Waals surface area contributed by atoms with Crippen LogP contribution in [0.3, 0.4) is 0 Å². The number of thiophene rings is 1. The first kappa shape index (κ1) is 12.3. The van der Waals surface area contributed by atoms with Gasteiger partial charge >= 0.3 is 0 Å². The van der Waals surface area contributed by atoms with Crippen LogP contribution in [0.15, 0.2) is 12.1 Å². The Morgan fingerprint density at radius 2 is 2.00 bits per heavy atom. The molecule has 1 atom stereocenters. The maximum Gasteiger partial charge on any atom is 0.248 e. The molecule has 1 aromatic rings. The van der Waals surface area contributed by atoms with Gasteiger partial charge in [-0.05, 0) is 30.9 Å². The second-order valence-corrected chi connectivity index (χ2v) is 6.11. The number of alkyl halides is 2. The van der Waals surface area contributed by atoms with E-state index in [9.17, 15) is 8.78 Å². The van der Waals surface area contributed by atoms with Gasteiger partial charge in [-0.3, -0.25) is 0 Å². The van der Waals surface area contributed by atoms with Gasteiger partial charge < -0.3 is 5.73 Å². The van der Waals surface area contributed by atoms with Crippen molar-refractivity contribution in [3.63, 3.8) is 0 Å². The van der Waals surface area contributed by atoms with E-state index in [4.69, 9.17) is 17.3 Å². The van der Waals surface area contributed by atoms with E-state index in [2.05, 4.69) is 0 Å². The van der Waals surface area contributed by atoms with Gasteiger partial charge in [0.15, 0.2) is 0 Å². The molecule has 0 aromatic carbocycles. The Bertz CT molecular complexity index is 357. The molecule has 0 spiro atoms. The van der Waals surface area contributed by atoms with E-state index in [1.165, 1.54) is 11.3 Å². The first-order chi connectivity index (χ1) is 7.48. The molecule has 0 bridgehead atoms. The molecular formula is C11H14ClF2NS. The largest absolute Gasteiger partial charge is 0.323 e. The summed E-state index contributed by atoms with van der Waals surface area (Å²) in [5.41, 5.74) is 6.08. The van der Waals surface area contributed by atoms with Gasteiger partial charge in [0.1, 0.15) is 0 Å². The Labute approximate surface area is 103 Å². The van der Waals surface area contributed by atoms with Crippen LogP contribution in [-0.4, -0.2) is 5.92 Å². The van der Waals surface area contributed by atoms with Crippen LogP contribution in [-0.2, 0) is 0 Å². The smallest absolute Gasteiger partial charge is 0.248 e. The third-order valence-corrected chi connectivity index (χ3v) is 4.52.